The zero-order valence-electron chi connectivity index (χ0n) is 20.9. The normalized spacial score (nSPS) is 15.7. The molecular formula is C28H25Cl2F3N4O2. The summed E-state index contributed by atoms with van der Waals surface area (Å²) in [5.74, 6) is 0.557. The molecule has 0 radical (unpaired) electrons. The van der Waals surface area contributed by atoms with Gasteiger partial charge < -0.3 is 9.47 Å². The van der Waals surface area contributed by atoms with Gasteiger partial charge in [0, 0.05) is 43.0 Å². The zero-order chi connectivity index (χ0) is 27.6. The average molecular weight is 577 g/mol. The van der Waals surface area contributed by atoms with E-state index in [1.807, 2.05) is 24.0 Å². The van der Waals surface area contributed by atoms with Crippen molar-refractivity contribution in [1.82, 2.24) is 20.1 Å². The molecule has 0 saturated carbocycles. The lowest BCUT2D eigenvalue weighted by molar-refractivity contribution is -0.138. The molecule has 0 aliphatic carbocycles. The van der Waals surface area contributed by atoms with Gasteiger partial charge in [0.15, 0.2) is 0 Å². The van der Waals surface area contributed by atoms with Crippen LogP contribution in [0.5, 0.6) is 5.75 Å². The lowest BCUT2D eigenvalue weighted by atomic mass is 10.0. The van der Waals surface area contributed by atoms with Crippen LogP contribution >= 0.6 is 23.2 Å². The van der Waals surface area contributed by atoms with Crippen molar-refractivity contribution in [3.63, 3.8) is 0 Å². The van der Waals surface area contributed by atoms with E-state index in [0.717, 1.165) is 10.9 Å². The van der Waals surface area contributed by atoms with Crippen molar-refractivity contribution < 1.29 is 22.6 Å². The van der Waals surface area contributed by atoms with Crippen LogP contribution in [-0.4, -0.2) is 46.4 Å². The largest absolute Gasteiger partial charge is 0.486 e. The first kappa shape index (κ1) is 27.5. The van der Waals surface area contributed by atoms with Gasteiger partial charge >= 0.3 is 6.18 Å². The number of ether oxygens (including phenoxy) is 2. The molecule has 1 saturated heterocycles. The van der Waals surface area contributed by atoms with Crippen molar-refractivity contribution in [2.24, 2.45) is 0 Å². The Balaban J connectivity index is 1.38. The smallest absolute Gasteiger partial charge is 0.416 e. The quantitative estimate of drug-likeness (QED) is 0.248. The summed E-state index contributed by atoms with van der Waals surface area (Å²) < 4.78 is 53.1. The highest BCUT2D eigenvalue weighted by molar-refractivity contribution is 6.35. The molecule has 1 unspecified atom stereocenters. The van der Waals surface area contributed by atoms with Gasteiger partial charge in [0.1, 0.15) is 11.9 Å². The Hall–Kier alpha value is -3.11. The summed E-state index contributed by atoms with van der Waals surface area (Å²) in [6, 6.07) is 9.83. The second-order valence-electron chi connectivity index (χ2n) is 9.23. The van der Waals surface area contributed by atoms with E-state index < -0.39 is 17.8 Å². The van der Waals surface area contributed by atoms with E-state index in [-0.39, 0.29) is 12.1 Å². The Labute approximate surface area is 233 Å². The highest BCUT2D eigenvalue weighted by Crippen LogP contribution is 2.35. The van der Waals surface area contributed by atoms with Crippen molar-refractivity contribution in [2.75, 3.05) is 26.3 Å². The Bertz CT molecular complexity index is 1480. The van der Waals surface area contributed by atoms with Gasteiger partial charge in [0.05, 0.1) is 40.0 Å². The van der Waals surface area contributed by atoms with E-state index in [4.69, 9.17) is 32.7 Å². The molecule has 3 heterocycles. The molecule has 204 valence electrons. The number of nitrogens with zero attached hydrogens (tertiary/aromatic N) is 3. The lowest BCUT2D eigenvalue weighted by Crippen LogP contribution is -2.36. The fourth-order valence-corrected chi connectivity index (χ4v) is 5.23. The zero-order valence-corrected chi connectivity index (χ0v) is 22.4. The monoisotopic (exact) mass is 576 g/mol. The molecule has 2 aromatic heterocycles. The summed E-state index contributed by atoms with van der Waals surface area (Å²) in [6.45, 7) is 4.32. The van der Waals surface area contributed by atoms with Gasteiger partial charge in [0.25, 0.3) is 0 Å². The molecule has 0 amide bonds. The van der Waals surface area contributed by atoms with E-state index in [0.29, 0.717) is 58.9 Å². The molecule has 1 fully saturated rings. The topological polar surface area (TPSA) is 63.3 Å². The standard InChI is InChI=1S/C28H25Cl2F3N4O2/c1-17(27-23(29)14-34-15-24(27)30)39-20-5-7-26-21(13-20)25(35-36-26)6-3-18-2-4-19(22(12-18)28(31,32)33)16-37-8-10-38-11-9-37/h2-7,12-15,17H,8-11,16H2,1H3,(H,35,36)/b6-3+. The number of nitrogens with one attached hydrogen (secondary N) is 1. The van der Waals surface area contributed by atoms with Crippen LogP contribution in [0, 0.1) is 0 Å². The Morgan fingerprint density at radius 2 is 1.82 bits per heavy atom. The van der Waals surface area contributed by atoms with Crippen molar-refractivity contribution >= 4 is 46.3 Å². The second-order valence-corrected chi connectivity index (χ2v) is 10.0. The number of benzene rings is 2. The highest BCUT2D eigenvalue weighted by atomic mass is 35.5. The van der Waals surface area contributed by atoms with Crippen molar-refractivity contribution in [1.29, 1.82) is 0 Å². The summed E-state index contributed by atoms with van der Waals surface area (Å²) in [5, 5.41) is 8.82. The number of alkyl halides is 3. The van der Waals surface area contributed by atoms with E-state index in [9.17, 15) is 13.2 Å². The number of hydrogen-bond acceptors (Lipinski definition) is 5. The van der Waals surface area contributed by atoms with Gasteiger partial charge in [-0.2, -0.15) is 18.3 Å². The number of H-pyrrole nitrogens is 1. The molecule has 0 bridgehead atoms. The second kappa shape index (κ2) is 11.6. The molecule has 1 atom stereocenters. The summed E-state index contributed by atoms with van der Waals surface area (Å²) >= 11 is 12.5. The number of halogens is 5. The predicted octanol–water partition coefficient (Wildman–Crippen LogP) is 7.43. The number of morpholine rings is 1. The molecular weight excluding hydrogens is 552 g/mol. The minimum Gasteiger partial charge on any atom is -0.486 e. The van der Waals surface area contributed by atoms with Crippen LogP contribution < -0.4 is 4.74 Å². The van der Waals surface area contributed by atoms with Crippen LogP contribution in [0.3, 0.4) is 0 Å². The van der Waals surface area contributed by atoms with Gasteiger partial charge in [-0.25, -0.2) is 0 Å². The molecule has 1 N–H and O–H groups in total. The Kier molecular flexibility index (Phi) is 8.13. The number of fused-ring (bicyclic) bond motifs is 1. The maximum Gasteiger partial charge on any atom is 0.416 e. The van der Waals surface area contributed by atoms with Crippen molar-refractivity contribution in [3.8, 4) is 5.75 Å². The predicted molar refractivity (Wildman–Crippen MR) is 146 cm³/mol. The van der Waals surface area contributed by atoms with Crippen LogP contribution in [-0.2, 0) is 17.5 Å². The van der Waals surface area contributed by atoms with Gasteiger partial charge in [-0.15, -0.1) is 0 Å². The van der Waals surface area contributed by atoms with Gasteiger partial charge in [-0.3, -0.25) is 15.0 Å². The average Bonchev–Trinajstić information content (AvgIpc) is 3.30. The minimum absolute atomic E-state index is 0.226. The van der Waals surface area contributed by atoms with Crippen LogP contribution in [0.4, 0.5) is 13.2 Å². The third kappa shape index (κ3) is 6.38. The van der Waals surface area contributed by atoms with Crippen LogP contribution in [0.25, 0.3) is 23.1 Å². The highest BCUT2D eigenvalue weighted by Gasteiger charge is 2.34. The molecule has 1 aliphatic rings. The Morgan fingerprint density at radius 3 is 2.54 bits per heavy atom. The third-order valence-electron chi connectivity index (χ3n) is 6.54. The molecule has 1 aliphatic heterocycles. The number of aromatic amines is 1. The first-order chi connectivity index (χ1) is 18.7. The summed E-state index contributed by atoms with van der Waals surface area (Å²) in [5.41, 5.74) is 1.98. The molecule has 39 heavy (non-hydrogen) atoms. The Morgan fingerprint density at radius 1 is 1.08 bits per heavy atom. The van der Waals surface area contributed by atoms with Gasteiger partial charge in [0.2, 0.25) is 0 Å². The first-order valence-corrected chi connectivity index (χ1v) is 13.1. The number of hydrogen-bond donors (Lipinski definition) is 1. The minimum atomic E-state index is -4.46. The number of rotatable bonds is 7. The SMILES string of the molecule is CC(Oc1ccc2[nH]nc(/C=C/c3ccc(CN4CCOCC4)c(C(F)(F)F)c3)c2c1)c1c(Cl)cncc1Cl. The van der Waals surface area contributed by atoms with Crippen molar-refractivity contribution in [3.05, 3.63) is 86.8 Å². The van der Waals surface area contributed by atoms with Crippen molar-refractivity contribution in [2.45, 2.75) is 25.7 Å². The third-order valence-corrected chi connectivity index (χ3v) is 7.15. The molecule has 0 spiro atoms. The number of pyridine rings is 1. The molecule has 2 aromatic carbocycles. The molecule has 4 aromatic rings. The van der Waals surface area contributed by atoms with E-state index in [2.05, 4.69) is 15.2 Å². The molecule has 11 heteroatoms. The summed E-state index contributed by atoms with van der Waals surface area (Å²) in [7, 11) is 0. The fourth-order valence-electron chi connectivity index (χ4n) is 4.56. The van der Waals surface area contributed by atoms with E-state index in [1.54, 1.807) is 30.4 Å². The van der Waals surface area contributed by atoms with Crippen LogP contribution in [0.1, 0.15) is 41.0 Å². The fraction of sp³-hybridized carbons (Fsp3) is 0.286. The maximum absolute atomic E-state index is 13.9. The van der Waals surface area contributed by atoms with E-state index in [1.165, 1.54) is 18.5 Å². The summed E-state index contributed by atoms with van der Waals surface area (Å²) in [4.78, 5) is 5.93. The maximum atomic E-state index is 13.9. The van der Waals surface area contributed by atoms with Gasteiger partial charge in [-0.1, -0.05) is 41.4 Å². The number of aromatic nitrogens is 3. The van der Waals surface area contributed by atoms with E-state index >= 15 is 0 Å². The van der Waals surface area contributed by atoms with Crippen LogP contribution in [0.2, 0.25) is 10.0 Å². The first-order valence-electron chi connectivity index (χ1n) is 12.3. The summed E-state index contributed by atoms with van der Waals surface area (Å²) in [6.07, 6.45) is 1.39. The lowest BCUT2D eigenvalue weighted by Gasteiger charge is -2.27. The van der Waals surface area contributed by atoms with Gasteiger partial charge in [-0.05, 0) is 48.4 Å². The molecule has 6 nitrogen and oxygen atoms in total. The van der Waals surface area contributed by atoms with Crippen LogP contribution in [0.15, 0.2) is 48.8 Å². The molecule has 5 rings (SSSR count).